The number of halogens is 20. The van der Waals surface area contributed by atoms with E-state index in [1.165, 1.54) is 76.2 Å². The number of carbonyl (C=O) groups is 1. The molecule has 0 amide bonds. The maximum Gasteiger partial charge on any atom is 0.200 e. The molecule has 0 unspecified atom stereocenters. The van der Waals surface area contributed by atoms with Crippen molar-refractivity contribution in [2.75, 3.05) is 0 Å². The highest BCUT2D eigenvalue weighted by Crippen LogP contribution is 2.31. The number of hydrogen-bond donors (Lipinski definition) is 0. The van der Waals surface area contributed by atoms with Crippen molar-refractivity contribution in [2.24, 2.45) is 0 Å². The van der Waals surface area contributed by atoms with Crippen molar-refractivity contribution in [2.45, 2.75) is 103 Å². The van der Waals surface area contributed by atoms with Crippen LogP contribution in [0.15, 0.2) is 48.9 Å². The van der Waals surface area contributed by atoms with Crippen molar-refractivity contribution in [3.63, 3.8) is 0 Å². The zero-order chi connectivity index (χ0) is 55.6. The van der Waals surface area contributed by atoms with E-state index in [0.717, 1.165) is 19.4 Å². The van der Waals surface area contributed by atoms with E-state index < -0.39 is 144 Å². The SMILES string of the molecule is CCCCCCCCCCCCCCCC(=O)c1c[n+](Cc2ccccc2)ccn1.Fc1c(F)c(F)c([B-](c2c(F)c(F)c(F)c(F)c2F)(c2c(F)c(F)c(F)c(F)c2F)c2c(F)c(F)c(F)c(F)c2F)c(F)c1F. The molecule has 0 atom stereocenters. The fourth-order valence-corrected chi connectivity index (χ4v) is 8.77. The van der Waals surface area contributed by atoms with E-state index in [9.17, 15) is 57.5 Å². The standard InChI is InChI=1S/C27H41N2O.C24BF20/c1-2-3-4-5-6-7-8-9-10-11-12-13-17-20-27(30)26-24-29(22-21-28-26)23-25-18-15-14-16-19-25;26-5-1(6(27)14(35)21(42)13(5)34)25(2-7(28)15(36)22(43)16(37)8(2)29,3-9(30)17(38)23(44)18(39)10(3)31)4-11(32)19(40)24(45)20(41)12(4)33/h14-16,18-19,21-22,24H,2-13,17,20,23H2,1H3;/q+1;-1. The first-order valence-electron chi connectivity index (χ1n) is 23.1. The summed E-state index contributed by atoms with van der Waals surface area (Å²) in [5.74, 6) is -71.2. The Morgan fingerprint density at radius 3 is 0.987 bits per heavy atom. The van der Waals surface area contributed by atoms with Crippen LogP contribution >= 0.6 is 0 Å². The predicted molar refractivity (Wildman–Crippen MR) is 234 cm³/mol. The molecule has 0 N–H and O–H groups in total. The van der Waals surface area contributed by atoms with Crippen LogP contribution in [0.2, 0.25) is 0 Å². The molecule has 0 aliphatic rings. The second-order valence-electron chi connectivity index (χ2n) is 17.3. The molecule has 5 aromatic carbocycles. The summed E-state index contributed by atoms with van der Waals surface area (Å²) in [6.45, 7) is 3.04. The molecule has 0 bridgehead atoms. The van der Waals surface area contributed by atoms with E-state index in [-0.39, 0.29) is 5.78 Å². The third-order valence-corrected chi connectivity index (χ3v) is 12.5. The molecule has 0 saturated heterocycles. The number of ketones is 1. The summed E-state index contributed by atoms with van der Waals surface area (Å²) >= 11 is 0. The molecular weight excluding hydrogens is 1050 g/mol. The summed E-state index contributed by atoms with van der Waals surface area (Å²) in [4.78, 5) is 16.8. The van der Waals surface area contributed by atoms with Crippen LogP contribution in [0.5, 0.6) is 0 Å². The molecule has 0 radical (unpaired) electrons. The smallest absolute Gasteiger partial charge is 0.200 e. The van der Waals surface area contributed by atoms with Gasteiger partial charge in [0, 0.05) is 12.0 Å². The minimum Gasteiger partial charge on any atom is -0.292 e. The van der Waals surface area contributed by atoms with Crippen LogP contribution in [0, 0.1) is 116 Å². The summed E-state index contributed by atoms with van der Waals surface area (Å²) in [6, 6.07) is 10.3. The van der Waals surface area contributed by atoms with Crippen molar-refractivity contribution in [3.8, 4) is 0 Å². The van der Waals surface area contributed by atoms with Crippen molar-refractivity contribution >= 4 is 33.8 Å². The lowest BCUT2D eigenvalue weighted by Gasteiger charge is -2.44. The van der Waals surface area contributed by atoms with Crippen molar-refractivity contribution in [1.82, 2.24) is 4.98 Å². The lowest BCUT2D eigenvalue weighted by molar-refractivity contribution is -0.689. The van der Waals surface area contributed by atoms with Crippen molar-refractivity contribution in [1.29, 1.82) is 0 Å². The second kappa shape index (κ2) is 25.8. The highest BCUT2D eigenvalue weighted by Gasteiger charge is 2.52. The average molecular weight is 1090 g/mol. The number of hydrogen-bond acceptors (Lipinski definition) is 2. The Balaban J connectivity index is 0.000000301. The van der Waals surface area contributed by atoms with Gasteiger partial charge in [0.15, 0.2) is 100 Å². The second-order valence-corrected chi connectivity index (χ2v) is 17.3. The van der Waals surface area contributed by atoms with Gasteiger partial charge in [-0.3, -0.25) is 4.79 Å². The number of aromatic nitrogens is 2. The minimum absolute atomic E-state index is 0.167. The van der Waals surface area contributed by atoms with Crippen molar-refractivity contribution < 1.29 is 97.2 Å². The quantitative estimate of drug-likeness (QED) is 0.0137. The predicted octanol–water partition coefficient (Wildman–Crippen LogP) is 12.9. The average Bonchev–Trinajstić information content (AvgIpc) is 3.40. The number of rotatable bonds is 21. The first-order chi connectivity index (χ1) is 35.5. The zero-order valence-corrected chi connectivity index (χ0v) is 39.2. The summed E-state index contributed by atoms with van der Waals surface area (Å²) in [5, 5.41) is 0. The largest absolute Gasteiger partial charge is 0.292 e. The van der Waals surface area contributed by atoms with Gasteiger partial charge < -0.3 is 0 Å². The lowest BCUT2D eigenvalue weighted by atomic mass is 9.12. The lowest BCUT2D eigenvalue weighted by Crippen LogP contribution is -2.81. The molecule has 404 valence electrons. The van der Waals surface area contributed by atoms with Crippen LogP contribution in [0.3, 0.4) is 0 Å². The Morgan fingerprint density at radius 2 is 0.680 bits per heavy atom. The Hall–Kier alpha value is -6.49. The third-order valence-electron chi connectivity index (χ3n) is 12.5. The van der Waals surface area contributed by atoms with E-state index in [2.05, 4.69) is 24.0 Å². The zero-order valence-electron chi connectivity index (χ0n) is 39.2. The fraction of sp³-hybridized carbons (Fsp3) is 0.314. The van der Waals surface area contributed by atoms with E-state index >= 15 is 35.1 Å². The summed E-state index contributed by atoms with van der Waals surface area (Å²) in [7, 11) is 0. The first-order valence-corrected chi connectivity index (χ1v) is 23.1. The molecule has 0 saturated carbocycles. The topological polar surface area (TPSA) is 33.8 Å². The highest BCUT2D eigenvalue weighted by molar-refractivity contribution is 7.20. The molecule has 0 aliphatic carbocycles. The molecule has 6 rings (SSSR count). The van der Waals surface area contributed by atoms with Crippen LogP contribution in [0.1, 0.15) is 113 Å². The van der Waals surface area contributed by atoms with Gasteiger partial charge in [-0.05, 0) is 6.42 Å². The molecule has 6 aromatic rings. The monoisotopic (exact) mass is 1090 g/mol. The van der Waals surface area contributed by atoms with Gasteiger partial charge >= 0.3 is 0 Å². The molecule has 3 nitrogen and oxygen atoms in total. The first kappa shape index (κ1) is 59.4. The van der Waals surface area contributed by atoms with E-state index in [1.807, 2.05) is 35.2 Å². The summed E-state index contributed by atoms with van der Waals surface area (Å²) in [6.07, 6.45) is 16.2. The highest BCUT2D eigenvalue weighted by atomic mass is 19.2. The Morgan fingerprint density at radius 1 is 0.400 bits per heavy atom. The summed E-state index contributed by atoms with van der Waals surface area (Å²) < 4.78 is 296. The van der Waals surface area contributed by atoms with Gasteiger partial charge in [0.1, 0.15) is 52.7 Å². The fourth-order valence-electron chi connectivity index (χ4n) is 8.77. The Bertz CT molecular complexity index is 2650. The van der Waals surface area contributed by atoms with Gasteiger partial charge in [-0.15, -0.1) is 21.9 Å². The van der Waals surface area contributed by atoms with Gasteiger partial charge in [-0.1, -0.05) is 114 Å². The normalized spacial score (nSPS) is 11.6. The van der Waals surface area contributed by atoms with Gasteiger partial charge in [0.25, 0.3) is 0 Å². The van der Waals surface area contributed by atoms with Gasteiger partial charge in [-0.2, -0.15) is 4.57 Å². The van der Waals surface area contributed by atoms with Crippen LogP contribution in [0.4, 0.5) is 87.8 Å². The summed E-state index contributed by atoms with van der Waals surface area (Å²) in [5.41, 5.74) is -12.5. The maximum absolute atomic E-state index is 15.4. The van der Waals surface area contributed by atoms with Crippen LogP contribution in [-0.2, 0) is 6.54 Å². The van der Waals surface area contributed by atoms with Gasteiger partial charge in [0.2, 0.25) is 0 Å². The van der Waals surface area contributed by atoms with E-state index in [1.54, 1.807) is 6.20 Å². The number of Topliss-reactive ketones (excluding diaryl/α,β-unsaturated/α-hetero) is 1. The van der Waals surface area contributed by atoms with Crippen molar-refractivity contribution in [3.05, 3.63) is 177 Å². The number of nitrogens with zero attached hydrogens (tertiary/aromatic N) is 2. The molecule has 24 heteroatoms. The third kappa shape index (κ3) is 12.1. The molecule has 1 heterocycles. The van der Waals surface area contributed by atoms with E-state index in [4.69, 9.17) is 0 Å². The number of carbonyl (C=O) groups excluding carboxylic acids is 1. The molecule has 1 aromatic heterocycles. The van der Waals surface area contributed by atoms with Crippen LogP contribution < -0.4 is 26.4 Å². The Labute approximate surface area is 415 Å². The molecular formula is C51H41BF20N2O. The molecule has 0 fully saturated rings. The number of unbranched alkanes of at least 4 members (excludes halogenated alkanes) is 12. The number of benzene rings is 5. The molecule has 75 heavy (non-hydrogen) atoms. The minimum atomic E-state index is -7.22. The van der Waals surface area contributed by atoms with Crippen LogP contribution in [0.25, 0.3) is 0 Å². The maximum atomic E-state index is 15.4. The Kier molecular flexibility index (Phi) is 20.5. The van der Waals surface area contributed by atoms with Crippen LogP contribution in [-0.4, -0.2) is 16.9 Å². The molecule has 0 aliphatic heterocycles. The molecule has 0 spiro atoms. The van der Waals surface area contributed by atoms with E-state index in [0.29, 0.717) is 12.1 Å². The van der Waals surface area contributed by atoms with Gasteiger partial charge in [0.05, 0.1) is 6.20 Å². The van der Waals surface area contributed by atoms with Gasteiger partial charge in [-0.25, -0.2) is 92.8 Å².